The zero-order valence-corrected chi connectivity index (χ0v) is 9.52. The molecule has 3 N–H and O–H groups in total. The molecular formula is C9H18N2O3S. The second-order valence-electron chi connectivity index (χ2n) is 3.21. The number of rotatable bonds is 6. The molecule has 1 saturated heterocycles. The van der Waals surface area contributed by atoms with Gasteiger partial charge < -0.3 is 20.5 Å². The molecule has 15 heavy (non-hydrogen) atoms. The van der Waals surface area contributed by atoms with Crippen molar-refractivity contribution in [2.24, 2.45) is 0 Å². The molecule has 1 atom stereocenters. The summed E-state index contributed by atoms with van der Waals surface area (Å²) in [7, 11) is 0. The summed E-state index contributed by atoms with van der Waals surface area (Å²) in [5.74, 6) is 1.95. The smallest absolute Gasteiger partial charge is 0.238 e. The predicted octanol–water partition coefficient (Wildman–Crippen LogP) is -1.18. The maximum Gasteiger partial charge on any atom is 0.238 e. The molecule has 1 unspecified atom stereocenters. The maximum absolute atomic E-state index is 11.5. The Labute approximate surface area is 93.9 Å². The second-order valence-corrected chi connectivity index (χ2v) is 4.36. The molecule has 5 nitrogen and oxygen atoms in total. The zero-order chi connectivity index (χ0) is 10.9. The first-order chi connectivity index (χ1) is 7.34. The highest BCUT2D eigenvalue weighted by Gasteiger charge is 2.19. The fourth-order valence-electron chi connectivity index (χ4n) is 1.27. The van der Waals surface area contributed by atoms with Crippen LogP contribution in [-0.4, -0.2) is 61.5 Å². The van der Waals surface area contributed by atoms with Crippen molar-refractivity contribution in [3.05, 3.63) is 0 Å². The van der Waals surface area contributed by atoms with Gasteiger partial charge >= 0.3 is 0 Å². The van der Waals surface area contributed by atoms with E-state index in [0.29, 0.717) is 19.8 Å². The Bertz CT molecular complexity index is 186. The highest BCUT2D eigenvalue weighted by atomic mass is 32.2. The maximum atomic E-state index is 11.5. The number of aliphatic hydroxyl groups excluding tert-OH is 1. The van der Waals surface area contributed by atoms with Crippen LogP contribution in [0.3, 0.4) is 0 Å². The summed E-state index contributed by atoms with van der Waals surface area (Å²) in [4.78, 5) is 11.5. The summed E-state index contributed by atoms with van der Waals surface area (Å²) in [5.41, 5.74) is 0. The number of carbonyl (C=O) groups excluding carboxylic acids is 1. The van der Waals surface area contributed by atoms with Gasteiger partial charge in [-0.05, 0) is 0 Å². The Morgan fingerprint density at radius 2 is 2.47 bits per heavy atom. The molecule has 0 aromatic heterocycles. The SMILES string of the molecule is O=C(NCCOCCO)C1CSCCN1. The number of thioether (sulfide) groups is 1. The standard InChI is InChI=1S/C9H18N2O3S/c12-3-5-14-4-1-11-9(13)8-7-15-6-2-10-8/h8,10,12H,1-7H2,(H,11,13). The lowest BCUT2D eigenvalue weighted by molar-refractivity contribution is -0.122. The highest BCUT2D eigenvalue weighted by molar-refractivity contribution is 7.99. The molecule has 1 aliphatic heterocycles. The first kappa shape index (κ1) is 12.8. The summed E-state index contributed by atoms with van der Waals surface area (Å²) >= 11 is 1.79. The first-order valence-electron chi connectivity index (χ1n) is 5.12. The van der Waals surface area contributed by atoms with Crippen molar-refractivity contribution < 1.29 is 14.6 Å². The number of ether oxygens (including phenoxy) is 1. The number of amides is 1. The van der Waals surface area contributed by atoms with Gasteiger partial charge in [-0.1, -0.05) is 0 Å². The van der Waals surface area contributed by atoms with E-state index in [2.05, 4.69) is 10.6 Å². The second kappa shape index (κ2) is 7.92. The van der Waals surface area contributed by atoms with Crippen molar-refractivity contribution in [2.75, 3.05) is 44.4 Å². The van der Waals surface area contributed by atoms with Crippen LogP contribution in [0, 0.1) is 0 Å². The topological polar surface area (TPSA) is 70.6 Å². The van der Waals surface area contributed by atoms with Crippen molar-refractivity contribution in [1.82, 2.24) is 10.6 Å². The van der Waals surface area contributed by atoms with E-state index in [-0.39, 0.29) is 18.6 Å². The van der Waals surface area contributed by atoms with E-state index in [0.717, 1.165) is 18.1 Å². The predicted molar refractivity (Wildman–Crippen MR) is 60.0 cm³/mol. The van der Waals surface area contributed by atoms with Crippen LogP contribution in [0.25, 0.3) is 0 Å². The third-order valence-corrected chi connectivity index (χ3v) is 3.08. The van der Waals surface area contributed by atoms with Crippen LogP contribution < -0.4 is 10.6 Å². The number of carbonyl (C=O) groups is 1. The summed E-state index contributed by atoms with van der Waals surface area (Å²) in [6.45, 7) is 2.19. The average Bonchev–Trinajstić information content (AvgIpc) is 2.30. The Hall–Kier alpha value is -0.300. The van der Waals surface area contributed by atoms with Gasteiger partial charge in [-0.2, -0.15) is 11.8 Å². The molecule has 6 heteroatoms. The van der Waals surface area contributed by atoms with Gasteiger partial charge in [0.05, 0.1) is 25.9 Å². The van der Waals surface area contributed by atoms with Crippen molar-refractivity contribution in [3.63, 3.8) is 0 Å². The Morgan fingerprint density at radius 3 is 3.13 bits per heavy atom. The van der Waals surface area contributed by atoms with Crippen LogP contribution in [0.4, 0.5) is 0 Å². The number of hydrogen-bond acceptors (Lipinski definition) is 5. The van der Waals surface area contributed by atoms with Gasteiger partial charge in [0, 0.05) is 24.6 Å². The molecule has 0 spiro atoms. The van der Waals surface area contributed by atoms with Crippen LogP contribution in [0.2, 0.25) is 0 Å². The van der Waals surface area contributed by atoms with Crippen LogP contribution >= 0.6 is 11.8 Å². The third-order valence-electron chi connectivity index (χ3n) is 2.02. The molecule has 0 aromatic carbocycles. The summed E-state index contributed by atoms with van der Waals surface area (Å²) in [6, 6.07) is -0.0680. The molecule has 1 fully saturated rings. The van der Waals surface area contributed by atoms with Gasteiger partial charge in [0.1, 0.15) is 0 Å². The number of aliphatic hydroxyl groups is 1. The fraction of sp³-hybridized carbons (Fsp3) is 0.889. The van der Waals surface area contributed by atoms with E-state index in [1.54, 1.807) is 11.8 Å². The fourth-order valence-corrected chi connectivity index (χ4v) is 2.20. The van der Waals surface area contributed by atoms with E-state index in [4.69, 9.17) is 9.84 Å². The minimum Gasteiger partial charge on any atom is -0.394 e. The minimum absolute atomic E-state index is 0.0226. The Morgan fingerprint density at radius 1 is 1.60 bits per heavy atom. The molecule has 0 saturated carbocycles. The molecule has 1 aliphatic rings. The van der Waals surface area contributed by atoms with Gasteiger partial charge in [-0.15, -0.1) is 0 Å². The lowest BCUT2D eigenvalue weighted by Gasteiger charge is -2.22. The van der Waals surface area contributed by atoms with Gasteiger partial charge in [-0.25, -0.2) is 0 Å². The van der Waals surface area contributed by atoms with Crippen LogP contribution in [0.5, 0.6) is 0 Å². The Balaban J connectivity index is 2.02. The molecule has 88 valence electrons. The number of hydrogen-bond donors (Lipinski definition) is 3. The van der Waals surface area contributed by atoms with Crippen molar-refractivity contribution in [2.45, 2.75) is 6.04 Å². The third kappa shape index (κ3) is 5.36. The average molecular weight is 234 g/mol. The quantitative estimate of drug-likeness (QED) is 0.505. The van der Waals surface area contributed by atoms with Crippen LogP contribution in [0.15, 0.2) is 0 Å². The van der Waals surface area contributed by atoms with E-state index in [1.807, 2.05) is 0 Å². The summed E-state index contributed by atoms with van der Waals surface area (Å²) in [6.07, 6.45) is 0. The number of nitrogens with one attached hydrogen (secondary N) is 2. The van der Waals surface area contributed by atoms with Gasteiger partial charge in [0.2, 0.25) is 5.91 Å². The lowest BCUT2D eigenvalue weighted by Crippen LogP contribution is -2.49. The zero-order valence-electron chi connectivity index (χ0n) is 8.70. The summed E-state index contributed by atoms with van der Waals surface area (Å²) in [5, 5.41) is 14.4. The van der Waals surface area contributed by atoms with Gasteiger partial charge in [0.25, 0.3) is 0 Å². The molecule has 1 rings (SSSR count). The van der Waals surface area contributed by atoms with E-state index >= 15 is 0 Å². The van der Waals surface area contributed by atoms with Gasteiger partial charge in [0.15, 0.2) is 0 Å². The monoisotopic (exact) mass is 234 g/mol. The van der Waals surface area contributed by atoms with E-state index in [1.165, 1.54) is 0 Å². The van der Waals surface area contributed by atoms with E-state index < -0.39 is 0 Å². The molecule has 0 aliphatic carbocycles. The minimum atomic E-state index is -0.0680. The molecule has 0 radical (unpaired) electrons. The molecule has 0 bridgehead atoms. The van der Waals surface area contributed by atoms with Gasteiger partial charge in [-0.3, -0.25) is 4.79 Å². The van der Waals surface area contributed by atoms with Crippen molar-refractivity contribution >= 4 is 17.7 Å². The van der Waals surface area contributed by atoms with Crippen molar-refractivity contribution in [1.29, 1.82) is 0 Å². The molecule has 0 aromatic rings. The highest BCUT2D eigenvalue weighted by Crippen LogP contribution is 2.07. The van der Waals surface area contributed by atoms with E-state index in [9.17, 15) is 4.79 Å². The molecule has 1 heterocycles. The largest absolute Gasteiger partial charge is 0.394 e. The normalized spacial score (nSPS) is 21.3. The lowest BCUT2D eigenvalue weighted by atomic mass is 10.3. The molecular weight excluding hydrogens is 216 g/mol. The molecule has 1 amide bonds. The van der Waals surface area contributed by atoms with Crippen molar-refractivity contribution in [3.8, 4) is 0 Å². The van der Waals surface area contributed by atoms with Crippen LogP contribution in [0.1, 0.15) is 0 Å². The Kier molecular flexibility index (Phi) is 6.74. The first-order valence-corrected chi connectivity index (χ1v) is 6.27. The summed E-state index contributed by atoms with van der Waals surface area (Å²) < 4.78 is 5.03. The van der Waals surface area contributed by atoms with Crippen LogP contribution in [-0.2, 0) is 9.53 Å².